The van der Waals surface area contributed by atoms with Crippen LogP contribution in [0.3, 0.4) is 0 Å². The molecule has 2 bridgehead atoms. The fraction of sp³-hybridized carbons (Fsp3) is 1.00. The molecule has 2 aliphatic rings. The van der Waals surface area contributed by atoms with Crippen LogP contribution in [0.1, 0.15) is 52.4 Å². The fourth-order valence-electron chi connectivity index (χ4n) is 3.23. The summed E-state index contributed by atoms with van der Waals surface area (Å²) in [5.41, 5.74) is 0. The smallest absolute Gasteiger partial charge is 0.0682 e. The normalized spacial score (nSPS) is 41.1. The van der Waals surface area contributed by atoms with E-state index in [0.29, 0.717) is 5.31 Å². The largest absolute Gasteiger partial charge is 0.122 e. The van der Waals surface area contributed by atoms with Crippen LogP contribution in [0.15, 0.2) is 0 Å². The van der Waals surface area contributed by atoms with Crippen molar-refractivity contribution in [2.45, 2.75) is 63.5 Å². The van der Waals surface area contributed by atoms with Gasteiger partial charge in [0, 0.05) is 0 Å². The van der Waals surface area contributed by atoms with Gasteiger partial charge in [-0.2, -0.15) is 0 Å². The first-order valence-electron chi connectivity index (χ1n) is 5.59. The Morgan fingerprint density at radius 3 is 2.17 bits per heavy atom. The van der Waals surface area contributed by atoms with E-state index in [1.54, 1.807) is 0 Å². The van der Waals surface area contributed by atoms with Crippen LogP contribution >= 0.6 is 0 Å². The molecule has 0 spiro atoms. The molecule has 2 aliphatic heterocycles. The van der Waals surface area contributed by atoms with Gasteiger partial charge in [0.25, 0.3) is 0 Å². The van der Waals surface area contributed by atoms with Gasteiger partial charge in [-0.05, 0) is 5.92 Å². The molecule has 67 valence electrons. The molecule has 0 unspecified atom stereocenters. The fourth-order valence-corrected chi connectivity index (χ4v) is 3.23. The van der Waals surface area contributed by atoms with Gasteiger partial charge in [0.2, 0.25) is 0 Å². The topological polar surface area (TPSA) is 0 Å². The molecule has 0 amide bonds. The molecule has 0 atom stereocenters. The van der Waals surface area contributed by atoms with E-state index in [1.165, 1.54) is 38.5 Å². The van der Waals surface area contributed by atoms with Crippen molar-refractivity contribution in [1.82, 2.24) is 0 Å². The third-order valence-electron chi connectivity index (χ3n) is 4.15. The van der Waals surface area contributed by atoms with Gasteiger partial charge < -0.3 is 0 Å². The van der Waals surface area contributed by atoms with E-state index in [4.69, 9.17) is 0 Å². The summed E-state index contributed by atoms with van der Waals surface area (Å²) in [7, 11) is 2.71. The third-order valence-corrected chi connectivity index (χ3v) is 4.15. The summed E-state index contributed by atoms with van der Waals surface area (Å²) < 4.78 is 0. The number of hydrogen-bond donors (Lipinski definition) is 0. The van der Waals surface area contributed by atoms with E-state index in [-0.39, 0.29) is 0 Å². The molecule has 0 aromatic rings. The number of hydrogen-bond acceptors (Lipinski definition) is 0. The number of rotatable bonds is 1. The maximum absolute atomic E-state index is 2.71. The second-order valence-electron chi connectivity index (χ2n) is 5.10. The lowest BCUT2D eigenvalue weighted by atomic mass is 9.33. The highest BCUT2D eigenvalue weighted by Crippen LogP contribution is 2.55. The molecule has 2 saturated heterocycles. The van der Waals surface area contributed by atoms with Gasteiger partial charge in [-0.3, -0.25) is 0 Å². The Labute approximate surface area is 77.4 Å². The second kappa shape index (κ2) is 3.08. The predicted molar refractivity (Wildman–Crippen MR) is 54.7 cm³/mol. The van der Waals surface area contributed by atoms with Gasteiger partial charge in [0.1, 0.15) is 7.28 Å². The lowest BCUT2D eigenvalue weighted by molar-refractivity contribution is 0.280. The van der Waals surface area contributed by atoms with E-state index in [9.17, 15) is 0 Å². The lowest BCUT2D eigenvalue weighted by Gasteiger charge is -2.47. The maximum atomic E-state index is 2.71. The Morgan fingerprint density at radius 2 is 1.75 bits per heavy atom. The number of fused-ring (bicyclic) bond motifs is 2. The van der Waals surface area contributed by atoms with Gasteiger partial charge in [-0.25, -0.2) is 0 Å². The van der Waals surface area contributed by atoms with Gasteiger partial charge in [-0.15, -0.1) is 0 Å². The molecule has 0 nitrogen and oxygen atoms in total. The van der Waals surface area contributed by atoms with Crippen LogP contribution in [-0.2, 0) is 0 Å². The van der Waals surface area contributed by atoms with E-state index < -0.39 is 0 Å². The zero-order valence-electron chi connectivity index (χ0n) is 8.47. The van der Waals surface area contributed by atoms with Crippen LogP contribution in [-0.4, -0.2) is 7.28 Å². The highest BCUT2D eigenvalue weighted by molar-refractivity contribution is 6.42. The Hall–Kier alpha value is 0.0649. The molecule has 1 heteroatoms. The van der Waals surface area contributed by atoms with Crippen molar-refractivity contribution >= 4 is 7.28 Å². The first-order chi connectivity index (χ1) is 5.73. The highest BCUT2D eigenvalue weighted by atomic mass is 14.4. The van der Waals surface area contributed by atoms with Crippen molar-refractivity contribution in [3.63, 3.8) is 0 Å². The van der Waals surface area contributed by atoms with Crippen molar-refractivity contribution in [3.05, 3.63) is 0 Å². The average Bonchev–Trinajstić information content (AvgIpc) is 2.04. The van der Waals surface area contributed by atoms with Gasteiger partial charge in [0.05, 0.1) is 0 Å². The standard InChI is InChI=1S/C11H20B/c1-9(2)11-7-3-5-10(12-11)6-4-8-11/h9-10H,3-8H2,1-2H3. The maximum Gasteiger partial charge on any atom is 0.122 e. The van der Waals surface area contributed by atoms with Crippen molar-refractivity contribution in [2.24, 2.45) is 5.92 Å². The predicted octanol–water partition coefficient (Wildman–Crippen LogP) is 3.66. The minimum Gasteiger partial charge on any atom is -0.0682 e. The van der Waals surface area contributed by atoms with Crippen LogP contribution < -0.4 is 0 Å². The molecule has 0 aromatic heterocycles. The summed E-state index contributed by atoms with van der Waals surface area (Å²) in [4.78, 5) is 0. The Bertz CT molecular complexity index is 152. The van der Waals surface area contributed by atoms with E-state index >= 15 is 0 Å². The van der Waals surface area contributed by atoms with E-state index in [1.807, 2.05) is 0 Å². The molecule has 0 aromatic carbocycles. The van der Waals surface area contributed by atoms with Gasteiger partial charge in [0.15, 0.2) is 0 Å². The molecule has 2 rings (SSSR count). The molecule has 2 heterocycles. The molecule has 0 N–H and O–H groups in total. The average molecular weight is 163 g/mol. The van der Waals surface area contributed by atoms with Crippen molar-refractivity contribution in [2.75, 3.05) is 0 Å². The minimum atomic E-state index is 0.654. The Balaban J connectivity index is 2.12. The molecule has 2 fully saturated rings. The molecule has 0 saturated carbocycles. The molecular formula is C11H20B. The van der Waals surface area contributed by atoms with Crippen LogP contribution in [0.2, 0.25) is 11.1 Å². The quantitative estimate of drug-likeness (QED) is 0.517. The monoisotopic (exact) mass is 163 g/mol. The molecule has 12 heavy (non-hydrogen) atoms. The highest BCUT2D eigenvalue weighted by Gasteiger charge is 2.41. The lowest BCUT2D eigenvalue weighted by Crippen LogP contribution is -2.36. The summed E-state index contributed by atoms with van der Waals surface area (Å²) in [6.45, 7) is 4.81. The van der Waals surface area contributed by atoms with Crippen LogP contribution in [0.5, 0.6) is 0 Å². The van der Waals surface area contributed by atoms with Crippen LogP contribution in [0.4, 0.5) is 0 Å². The molecular weight excluding hydrogens is 143 g/mol. The zero-order valence-corrected chi connectivity index (χ0v) is 8.47. The van der Waals surface area contributed by atoms with Crippen molar-refractivity contribution in [1.29, 1.82) is 0 Å². The summed E-state index contributed by atoms with van der Waals surface area (Å²) in [5, 5.41) is 0.654. The van der Waals surface area contributed by atoms with E-state index in [2.05, 4.69) is 21.1 Å². The summed E-state index contributed by atoms with van der Waals surface area (Å²) in [5.74, 6) is 1.86. The Kier molecular flexibility index (Phi) is 2.22. The van der Waals surface area contributed by atoms with Crippen molar-refractivity contribution < 1.29 is 0 Å². The van der Waals surface area contributed by atoms with Crippen LogP contribution in [0, 0.1) is 5.92 Å². The third kappa shape index (κ3) is 1.32. The van der Waals surface area contributed by atoms with Crippen molar-refractivity contribution in [3.8, 4) is 0 Å². The minimum absolute atomic E-state index is 0.654. The molecule has 1 radical (unpaired) electrons. The Morgan fingerprint density at radius 1 is 1.17 bits per heavy atom. The summed E-state index contributed by atoms with van der Waals surface area (Å²) >= 11 is 0. The zero-order chi connectivity index (χ0) is 8.60. The summed E-state index contributed by atoms with van der Waals surface area (Å²) in [6, 6.07) is 0. The first-order valence-corrected chi connectivity index (χ1v) is 5.59. The second-order valence-corrected chi connectivity index (χ2v) is 5.10. The first kappa shape index (κ1) is 8.65. The molecule has 0 aliphatic carbocycles. The summed E-state index contributed by atoms with van der Waals surface area (Å²) in [6.07, 6.45) is 8.88. The van der Waals surface area contributed by atoms with E-state index in [0.717, 1.165) is 11.7 Å². The van der Waals surface area contributed by atoms with Crippen LogP contribution in [0.25, 0.3) is 0 Å². The SMILES string of the molecule is CC(C)C12[B]C(CCC1)CCC2. The van der Waals surface area contributed by atoms with Gasteiger partial charge >= 0.3 is 0 Å². The van der Waals surface area contributed by atoms with Gasteiger partial charge in [-0.1, -0.05) is 63.5 Å².